The number of nitrogens with zero attached hydrogens (tertiary/aromatic N) is 1. The van der Waals surface area contributed by atoms with Crippen LogP contribution >= 0.6 is 0 Å². The molecule has 0 fully saturated rings. The first-order chi connectivity index (χ1) is 15.1. The highest BCUT2D eigenvalue weighted by Gasteiger charge is 2.18. The summed E-state index contributed by atoms with van der Waals surface area (Å²) in [5.41, 5.74) is 1.79. The Bertz CT molecular complexity index is 892. The minimum absolute atomic E-state index is 0.115. The van der Waals surface area contributed by atoms with E-state index in [9.17, 15) is 14.7 Å². The Morgan fingerprint density at radius 2 is 1.35 bits per heavy atom. The van der Waals surface area contributed by atoms with Gasteiger partial charge in [-0.25, -0.2) is 4.79 Å². The van der Waals surface area contributed by atoms with Gasteiger partial charge >= 0.3 is 5.97 Å². The van der Waals surface area contributed by atoms with Gasteiger partial charge in [0, 0.05) is 25.2 Å². The van der Waals surface area contributed by atoms with Crippen LogP contribution in [0.1, 0.15) is 32.5 Å². The molecule has 3 rings (SSSR count). The van der Waals surface area contributed by atoms with Crippen LogP contribution in [0.3, 0.4) is 0 Å². The lowest BCUT2D eigenvalue weighted by Gasteiger charge is -2.28. The van der Waals surface area contributed by atoms with E-state index in [1.165, 1.54) is 0 Å². The van der Waals surface area contributed by atoms with Gasteiger partial charge in [0.25, 0.3) is 5.91 Å². The van der Waals surface area contributed by atoms with Crippen molar-refractivity contribution in [3.05, 3.63) is 108 Å². The van der Waals surface area contributed by atoms with Crippen LogP contribution in [-0.2, 0) is 4.74 Å². The highest BCUT2D eigenvalue weighted by atomic mass is 16.5. The number of aliphatic hydroxyl groups excluding tert-OH is 1. The molecule has 1 unspecified atom stereocenters. The van der Waals surface area contributed by atoms with Crippen molar-refractivity contribution in [2.24, 2.45) is 0 Å². The zero-order valence-corrected chi connectivity index (χ0v) is 17.2. The number of carbonyl (C=O) groups excluding carboxylic acids is 2. The van der Waals surface area contributed by atoms with Gasteiger partial charge in [-0.1, -0.05) is 66.7 Å². The molecule has 0 aliphatic rings. The van der Waals surface area contributed by atoms with Crippen LogP contribution in [0.4, 0.5) is 0 Å². The Kier molecular flexibility index (Phi) is 8.34. The average molecular weight is 418 g/mol. The highest BCUT2D eigenvalue weighted by molar-refractivity contribution is 5.94. The number of nitrogens with one attached hydrogen (secondary N) is 1. The lowest BCUT2D eigenvalue weighted by molar-refractivity contribution is -0.0127. The van der Waals surface area contributed by atoms with Crippen molar-refractivity contribution in [2.75, 3.05) is 26.2 Å². The molecule has 0 aromatic heterocycles. The molecule has 6 heteroatoms. The predicted octanol–water partition coefficient (Wildman–Crippen LogP) is 3.27. The summed E-state index contributed by atoms with van der Waals surface area (Å²) in [6, 6.07) is 27.0. The number of benzene rings is 3. The van der Waals surface area contributed by atoms with E-state index in [0.717, 1.165) is 5.56 Å². The number of aliphatic hydroxyl groups is 1. The molecule has 6 nitrogen and oxygen atoms in total. The summed E-state index contributed by atoms with van der Waals surface area (Å²) in [6.07, 6.45) is -0.884. The molecule has 3 aromatic carbocycles. The molecule has 1 amide bonds. The molecular formula is C25H26N2O4. The maximum absolute atomic E-state index is 12.3. The standard InChI is InChI=1S/C25H26N2O4/c28-23(20-10-4-1-5-11-20)26-16-17-27(24(29)21-12-6-2-7-13-21)18-19-31-25(30)22-14-8-3-9-15-22/h1-15,24,29H,16-19H2,(H,26,28). The van der Waals surface area contributed by atoms with Crippen molar-refractivity contribution in [3.63, 3.8) is 0 Å². The third kappa shape index (κ3) is 6.77. The number of rotatable bonds is 10. The van der Waals surface area contributed by atoms with Crippen LogP contribution in [0.2, 0.25) is 0 Å². The van der Waals surface area contributed by atoms with E-state index in [-0.39, 0.29) is 12.5 Å². The molecule has 31 heavy (non-hydrogen) atoms. The van der Waals surface area contributed by atoms with Crippen molar-refractivity contribution in [3.8, 4) is 0 Å². The van der Waals surface area contributed by atoms with Gasteiger partial charge in [-0.05, 0) is 29.8 Å². The van der Waals surface area contributed by atoms with E-state index in [2.05, 4.69) is 5.32 Å². The Morgan fingerprint density at radius 1 is 0.806 bits per heavy atom. The lowest BCUT2D eigenvalue weighted by Crippen LogP contribution is -2.39. The van der Waals surface area contributed by atoms with Crippen LogP contribution in [0.15, 0.2) is 91.0 Å². The molecule has 0 aliphatic carbocycles. The third-order valence-electron chi connectivity index (χ3n) is 4.79. The number of amides is 1. The van der Waals surface area contributed by atoms with Crippen molar-refractivity contribution < 1.29 is 19.4 Å². The Balaban J connectivity index is 1.56. The minimum Gasteiger partial charge on any atom is -0.461 e. The van der Waals surface area contributed by atoms with Crippen LogP contribution in [0, 0.1) is 0 Å². The fourth-order valence-corrected chi connectivity index (χ4v) is 3.11. The first-order valence-corrected chi connectivity index (χ1v) is 10.2. The smallest absolute Gasteiger partial charge is 0.338 e. The zero-order valence-electron chi connectivity index (χ0n) is 17.2. The molecule has 0 aliphatic heterocycles. The second-order valence-electron chi connectivity index (χ2n) is 6.94. The Labute approximate surface area is 182 Å². The maximum atomic E-state index is 12.3. The normalized spacial score (nSPS) is 11.7. The molecular weight excluding hydrogens is 392 g/mol. The Morgan fingerprint density at radius 3 is 1.97 bits per heavy atom. The SMILES string of the molecule is O=C(NCCN(CCOC(=O)c1ccccc1)C(O)c1ccccc1)c1ccccc1. The molecule has 1 atom stereocenters. The molecule has 0 saturated carbocycles. The summed E-state index contributed by atoms with van der Waals surface area (Å²) in [6.45, 7) is 1.15. The van der Waals surface area contributed by atoms with Crippen molar-refractivity contribution in [1.29, 1.82) is 0 Å². The first-order valence-electron chi connectivity index (χ1n) is 10.2. The van der Waals surface area contributed by atoms with Crippen molar-refractivity contribution in [2.45, 2.75) is 6.23 Å². The van der Waals surface area contributed by atoms with Gasteiger partial charge in [0.2, 0.25) is 0 Å². The predicted molar refractivity (Wildman–Crippen MR) is 118 cm³/mol. The number of hydrogen-bond donors (Lipinski definition) is 2. The molecule has 3 aromatic rings. The molecule has 0 spiro atoms. The van der Waals surface area contributed by atoms with Crippen LogP contribution in [-0.4, -0.2) is 48.1 Å². The van der Waals surface area contributed by atoms with E-state index in [1.54, 1.807) is 41.3 Å². The van der Waals surface area contributed by atoms with Gasteiger partial charge in [0.05, 0.1) is 5.56 Å². The van der Waals surface area contributed by atoms with Crippen LogP contribution in [0.5, 0.6) is 0 Å². The molecule has 0 saturated heterocycles. The summed E-state index contributed by atoms with van der Waals surface area (Å²) in [4.78, 5) is 26.2. The van der Waals surface area contributed by atoms with E-state index in [4.69, 9.17) is 4.74 Å². The van der Waals surface area contributed by atoms with Gasteiger partial charge in [0.15, 0.2) is 0 Å². The second kappa shape index (κ2) is 11.6. The average Bonchev–Trinajstić information content (AvgIpc) is 2.84. The van der Waals surface area contributed by atoms with Crippen LogP contribution < -0.4 is 5.32 Å². The van der Waals surface area contributed by atoms with E-state index < -0.39 is 12.2 Å². The number of hydrogen-bond acceptors (Lipinski definition) is 5. The van der Waals surface area contributed by atoms with E-state index in [1.807, 2.05) is 54.6 Å². The first kappa shape index (κ1) is 22.2. The molecule has 0 radical (unpaired) electrons. The Hall–Kier alpha value is -3.48. The van der Waals surface area contributed by atoms with Gasteiger partial charge < -0.3 is 15.2 Å². The topological polar surface area (TPSA) is 78.9 Å². The quantitative estimate of drug-likeness (QED) is 0.390. The third-order valence-corrected chi connectivity index (χ3v) is 4.79. The van der Waals surface area contributed by atoms with Gasteiger partial charge in [-0.2, -0.15) is 0 Å². The van der Waals surface area contributed by atoms with Crippen molar-refractivity contribution >= 4 is 11.9 Å². The number of carbonyl (C=O) groups is 2. The molecule has 0 bridgehead atoms. The molecule has 160 valence electrons. The zero-order chi connectivity index (χ0) is 21.9. The lowest BCUT2D eigenvalue weighted by atomic mass is 10.2. The summed E-state index contributed by atoms with van der Waals surface area (Å²) in [5.74, 6) is -0.586. The largest absolute Gasteiger partial charge is 0.461 e. The number of ether oxygens (including phenoxy) is 1. The van der Waals surface area contributed by atoms with Crippen molar-refractivity contribution in [1.82, 2.24) is 10.2 Å². The van der Waals surface area contributed by atoms with E-state index in [0.29, 0.717) is 30.8 Å². The summed E-state index contributed by atoms with van der Waals surface area (Å²) < 4.78 is 5.36. The fraction of sp³-hybridized carbons (Fsp3) is 0.200. The second-order valence-corrected chi connectivity index (χ2v) is 6.94. The maximum Gasteiger partial charge on any atom is 0.338 e. The monoisotopic (exact) mass is 418 g/mol. The summed E-state index contributed by atoms with van der Waals surface area (Å²) >= 11 is 0. The fourth-order valence-electron chi connectivity index (χ4n) is 3.11. The van der Waals surface area contributed by atoms with Gasteiger partial charge in [-0.3, -0.25) is 9.69 Å². The van der Waals surface area contributed by atoms with Gasteiger partial charge in [-0.15, -0.1) is 0 Å². The van der Waals surface area contributed by atoms with Crippen LogP contribution in [0.25, 0.3) is 0 Å². The minimum atomic E-state index is -0.884. The molecule has 0 heterocycles. The summed E-state index contributed by atoms with van der Waals surface area (Å²) in [7, 11) is 0. The highest BCUT2D eigenvalue weighted by Crippen LogP contribution is 2.17. The van der Waals surface area contributed by atoms with Gasteiger partial charge in [0.1, 0.15) is 12.8 Å². The molecule has 2 N–H and O–H groups in total. The van der Waals surface area contributed by atoms with E-state index >= 15 is 0 Å². The summed E-state index contributed by atoms with van der Waals surface area (Å²) in [5, 5.41) is 13.7. The number of esters is 1.